The zero-order valence-electron chi connectivity index (χ0n) is 11.9. The average molecular weight is 278 g/mol. The molecular weight excluding hydrogens is 260 g/mol. The lowest BCUT2D eigenvalue weighted by atomic mass is 9.99. The molecule has 0 fully saturated rings. The van der Waals surface area contributed by atoms with E-state index in [2.05, 4.69) is 29.2 Å². The molecule has 0 unspecified atom stereocenters. The van der Waals surface area contributed by atoms with Gasteiger partial charge in [-0.15, -0.1) is 0 Å². The average Bonchev–Trinajstić information content (AvgIpc) is 3.09. The molecular formula is C18H18N2O. The maximum Gasteiger partial charge on any atom is 0.0994 e. The molecule has 21 heavy (non-hydrogen) atoms. The van der Waals surface area contributed by atoms with Crippen LogP contribution in [0.15, 0.2) is 73.3 Å². The van der Waals surface area contributed by atoms with Crippen LogP contribution in [-0.2, 0) is 0 Å². The second kappa shape index (κ2) is 5.94. The molecule has 0 aliphatic rings. The van der Waals surface area contributed by atoms with E-state index >= 15 is 0 Å². The molecule has 0 amide bonds. The van der Waals surface area contributed by atoms with Crippen molar-refractivity contribution in [2.45, 2.75) is 19.1 Å². The SMILES string of the molecule is C[C@H]([C@@H](O)c1ccc(-c2ccccc2)cc1)n1ccnc1. The van der Waals surface area contributed by atoms with E-state index in [1.54, 1.807) is 12.5 Å². The lowest BCUT2D eigenvalue weighted by Crippen LogP contribution is -2.13. The standard InChI is InChI=1S/C18H18N2O/c1-14(20-12-11-19-13-20)18(21)17-9-7-16(8-10-17)15-5-3-2-4-6-15/h2-14,18,21H,1H3/t14-,18-/m1/s1. The summed E-state index contributed by atoms with van der Waals surface area (Å²) in [6.45, 7) is 1.98. The van der Waals surface area contributed by atoms with E-state index in [0.29, 0.717) is 0 Å². The lowest BCUT2D eigenvalue weighted by Gasteiger charge is -2.20. The van der Waals surface area contributed by atoms with Gasteiger partial charge in [-0.2, -0.15) is 0 Å². The molecule has 3 nitrogen and oxygen atoms in total. The summed E-state index contributed by atoms with van der Waals surface area (Å²) in [5, 5.41) is 10.5. The number of aromatic nitrogens is 2. The van der Waals surface area contributed by atoms with Crippen molar-refractivity contribution in [1.29, 1.82) is 0 Å². The maximum atomic E-state index is 10.5. The van der Waals surface area contributed by atoms with Crippen LogP contribution in [0, 0.1) is 0 Å². The Balaban J connectivity index is 1.81. The summed E-state index contributed by atoms with van der Waals surface area (Å²) in [4.78, 5) is 4.02. The van der Waals surface area contributed by atoms with E-state index < -0.39 is 6.10 Å². The molecule has 1 aromatic heterocycles. The normalized spacial score (nSPS) is 13.8. The number of benzene rings is 2. The van der Waals surface area contributed by atoms with Crippen LogP contribution in [0.25, 0.3) is 11.1 Å². The van der Waals surface area contributed by atoms with Crippen molar-refractivity contribution in [2.24, 2.45) is 0 Å². The third-order valence-corrected chi connectivity index (χ3v) is 3.81. The van der Waals surface area contributed by atoms with Crippen molar-refractivity contribution in [1.82, 2.24) is 9.55 Å². The van der Waals surface area contributed by atoms with Gasteiger partial charge in [0.15, 0.2) is 0 Å². The fourth-order valence-corrected chi connectivity index (χ4v) is 2.46. The van der Waals surface area contributed by atoms with Gasteiger partial charge in [-0.05, 0) is 23.6 Å². The Labute approximate surface area is 124 Å². The lowest BCUT2D eigenvalue weighted by molar-refractivity contribution is 0.122. The first-order valence-corrected chi connectivity index (χ1v) is 7.06. The third kappa shape index (κ3) is 2.88. The van der Waals surface area contributed by atoms with Gasteiger partial charge in [-0.25, -0.2) is 4.98 Å². The van der Waals surface area contributed by atoms with E-state index in [4.69, 9.17) is 0 Å². The monoisotopic (exact) mass is 278 g/mol. The molecule has 3 aromatic rings. The summed E-state index contributed by atoms with van der Waals surface area (Å²) in [5.74, 6) is 0. The Kier molecular flexibility index (Phi) is 3.84. The smallest absolute Gasteiger partial charge is 0.0994 e. The Bertz CT molecular complexity index is 675. The highest BCUT2D eigenvalue weighted by atomic mass is 16.3. The number of rotatable bonds is 4. The summed E-state index contributed by atoms with van der Waals surface area (Å²) < 4.78 is 1.91. The predicted molar refractivity (Wildman–Crippen MR) is 83.8 cm³/mol. The van der Waals surface area contributed by atoms with Gasteiger partial charge in [0.2, 0.25) is 0 Å². The van der Waals surface area contributed by atoms with Crippen LogP contribution in [0.5, 0.6) is 0 Å². The van der Waals surface area contributed by atoms with Gasteiger partial charge in [-0.1, -0.05) is 54.6 Å². The van der Waals surface area contributed by atoms with Crippen LogP contribution in [0.2, 0.25) is 0 Å². The Morgan fingerprint density at radius 2 is 1.62 bits per heavy atom. The van der Waals surface area contributed by atoms with Gasteiger partial charge in [0, 0.05) is 12.4 Å². The number of aliphatic hydroxyl groups is 1. The van der Waals surface area contributed by atoms with Gasteiger partial charge in [0.1, 0.15) is 0 Å². The molecule has 0 aliphatic heterocycles. The van der Waals surface area contributed by atoms with Crippen LogP contribution < -0.4 is 0 Å². The highest BCUT2D eigenvalue weighted by molar-refractivity contribution is 5.63. The number of imidazole rings is 1. The van der Waals surface area contributed by atoms with E-state index in [0.717, 1.165) is 11.1 Å². The molecule has 106 valence electrons. The van der Waals surface area contributed by atoms with Gasteiger partial charge < -0.3 is 9.67 Å². The first kappa shape index (κ1) is 13.6. The highest BCUT2D eigenvalue weighted by Crippen LogP contribution is 2.28. The van der Waals surface area contributed by atoms with E-state index in [1.165, 1.54) is 5.56 Å². The maximum absolute atomic E-state index is 10.5. The van der Waals surface area contributed by atoms with E-state index in [-0.39, 0.29) is 6.04 Å². The van der Waals surface area contributed by atoms with Crippen molar-refractivity contribution in [3.63, 3.8) is 0 Å². The van der Waals surface area contributed by atoms with Gasteiger partial charge >= 0.3 is 0 Å². The van der Waals surface area contributed by atoms with Gasteiger partial charge in [0.05, 0.1) is 18.5 Å². The van der Waals surface area contributed by atoms with Crippen LogP contribution in [0.3, 0.4) is 0 Å². The van der Waals surface area contributed by atoms with Crippen molar-refractivity contribution in [3.8, 4) is 11.1 Å². The zero-order valence-corrected chi connectivity index (χ0v) is 11.9. The number of nitrogens with zero attached hydrogens (tertiary/aromatic N) is 2. The number of aliphatic hydroxyl groups excluding tert-OH is 1. The molecule has 2 aromatic carbocycles. The molecule has 0 radical (unpaired) electrons. The van der Waals surface area contributed by atoms with Gasteiger partial charge in [-0.3, -0.25) is 0 Å². The first-order chi connectivity index (χ1) is 10.3. The van der Waals surface area contributed by atoms with Gasteiger partial charge in [0.25, 0.3) is 0 Å². The fourth-order valence-electron chi connectivity index (χ4n) is 2.46. The zero-order chi connectivity index (χ0) is 14.7. The minimum atomic E-state index is -0.552. The third-order valence-electron chi connectivity index (χ3n) is 3.81. The van der Waals surface area contributed by atoms with Crippen molar-refractivity contribution < 1.29 is 5.11 Å². The quantitative estimate of drug-likeness (QED) is 0.787. The predicted octanol–water partition coefficient (Wildman–Crippen LogP) is 3.84. The fraction of sp³-hybridized carbons (Fsp3) is 0.167. The highest BCUT2D eigenvalue weighted by Gasteiger charge is 2.17. The minimum Gasteiger partial charge on any atom is -0.386 e. The Hall–Kier alpha value is -2.39. The molecule has 3 heteroatoms. The molecule has 0 saturated carbocycles. The van der Waals surface area contributed by atoms with Crippen molar-refractivity contribution >= 4 is 0 Å². The van der Waals surface area contributed by atoms with Crippen LogP contribution in [0.4, 0.5) is 0 Å². The molecule has 0 bridgehead atoms. The summed E-state index contributed by atoms with van der Waals surface area (Å²) >= 11 is 0. The number of hydrogen-bond acceptors (Lipinski definition) is 2. The molecule has 0 aliphatic carbocycles. The molecule has 0 spiro atoms. The summed E-state index contributed by atoms with van der Waals surface area (Å²) in [5.41, 5.74) is 3.25. The first-order valence-electron chi connectivity index (χ1n) is 7.06. The second-order valence-electron chi connectivity index (χ2n) is 5.18. The molecule has 0 saturated heterocycles. The van der Waals surface area contributed by atoms with Crippen molar-refractivity contribution in [3.05, 3.63) is 78.9 Å². The molecule has 2 atom stereocenters. The summed E-state index contributed by atoms with van der Waals surface area (Å²) in [6.07, 6.45) is 4.77. The minimum absolute atomic E-state index is 0.0462. The van der Waals surface area contributed by atoms with Crippen LogP contribution in [-0.4, -0.2) is 14.7 Å². The van der Waals surface area contributed by atoms with E-state index in [9.17, 15) is 5.11 Å². The molecule has 3 rings (SSSR count). The Morgan fingerprint density at radius 1 is 0.952 bits per heavy atom. The van der Waals surface area contributed by atoms with Crippen LogP contribution >= 0.6 is 0 Å². The molecule has 1 heterocycles. The topological polar surface area (TPSA) is 38.0 Å². The summed E-state index contributed by atoms with van der Waals surface area (Å²) in [7, 11) is 0. The van der Waals surface area contributed by atoms with Crippen molar-refractivity contribution in [2.75, 3.05) is 0 Å². The molecule has 1 N–H and O–H groups in total. The summed E-state index contributed by atoms with van der Waals surface area (Å²) in [6, 6.07) is 18.3. The Morgan fingerprint density at radius 3 is 2.24 bits per heavy atom. The largest absolute Gasteiger partial charge is 0.386 e. The van der Waals surface area contributed by atoms with Crippen LogP contribution in [0.1, 0.15) is 24.6 Å². The number of hydrogen-bond donors (Lipinski definition) is 1. The van der Waals surface area contributed by atoms with E-state index in [1.807, 2.05) is 48.0 Å². The second-order valence-corrected chi connectivity index (χ2v) is 5.18.